The van der Waals surface area contributed by atoms with E-state index in [-0.39, 0.29) is 17.5 Å². The van der Waals surface area contributed by atoms with Crippen molar-refractivity contribution in [3.63, 3.8) is 0 Å². The highest BCUT2D eigenvalue weighted by molar-refractivity contribution is 7.16. The third kappa shape index (κ3) is 5.27. The van der Waals surface area contributed by atoms with Crippen molar-refractivity contribution in [3.8, 4) is 0 Å². The summed E-state index contributed by atoms with van der Waals surface area (Å²) in [5.74, 6) is -0.898. The number of aromatic nitrogens is 1. The number of aromatic carboxylic acids is 1. The molecule has 1 saturated carbocycles. The zero-order valence-corrected chi connectivity index (χ0v) is 19.6. The van der Waals surface area contributed by atoms with Crippen LogP contribution in [0, 0.1) is 18.7 Å². The first-order valence-corrected chi connectivity index (χ1v) is 11.8. The average molecular weight is 454 g/mol. The number of carboxylic acids is 1. The second-order valence-electron chi connectivity index (χ2n) is 8.28. The van der Waals surface area contributed by atoms with E-state index in [4.69, 9.17) is 4.74 Å². The molecule has 0 spiro atoms. The second kappa shape index (κ2) is 10.4. The lowest BCUT2D eigenvalue weighted by molar-refractivity contribution is -0.117. The summed E-state index contributed by atoms with van der Waals surface area (Å²) in [4.78, 5) is 14.1. The van der Waals surface area contributed by atoms with Gasteiger partial charge >= 0.3 is 5.97 Å². The lowest BCUT2D eigenvalue weighted by atomic mass is 9.84. The molecular formula is C23H33F2N2O3P. The average Bonchev–Trinajstić information content (AvgIpc) is 2.98. The Morgan fingerprint density at radius 1 is 1.26 bits per heavy atom. The Morgan fingerprint density at radius 3 is 2.48 bits per heavy atom. The first kappa shape index (κ1) is 24.1. The minimum Gasteiger partial charge on any atom is -0.478 e. The van der Waals surface area contributed by atoms with Gasteiger partial charge in [0.2, 0.25) is 6.10 Å². The van der Waals surface area contributed by atoms with Gasteiger partial charge in [-0.15, -0.1) is 0 Å². The Labute approximate surface area is 184 Å². The van der Waals surface area contributed by atoms with Gasteiger partial charge in [-0.2, -0.15) is 0 Å². The third-order valence-corrected chi connectivity index (χ3v) is 6.63. The third-order valence-electron chi connectivity index (χ3n) is 6.47. The van der Waals surface area contributed by atoms with Crippen molar-refractivity contribution in [3.05, 3.63) is 35.3 Å². The first-order valence-electron chi connectivity index (χ1n) is 11.1. The van der Waals surface area contributed by atoms with Crippen LogP contribution < -0.4 is 0 Å². The summed E-state index contributed by atoms with van der Waals surface area (Å²) in [5, 5.41) is 10.2. The van der Waals surface area contributed by atoms with Crippen LogP contribution in [0.4, 0.5) is 8.78 Å². The molecule has 5 nitrogen and oxygen atoms in total. The molecule has 2 atom stereocenters. The molecule has 4 rings (SSSR count). The van der Waals surface area contributed by atoms with E-state index in [9.17, 15) is 18.7 Å². The molecule has 8 heteroatoms. The summed E-state index contributed by atoms with van der Waals surface area (Å²) in [5.41, 5.74) is 1.60. The summed E-state index contributed by atoms with van der Waals surface area (Å²) in [6.45, 7) is 8.07. The fraction of sp³-hybridized carbons (Fsp3) is 0.609. The van der Waals surface area contributed by atoms with Gasteiger partial charge < -0.3 is 14.4 Å². The Hall–Kier alpha value is -1.56. The van der Waals surface area contributed by atoms with Crippen LogP contribution >= 0.6 is 9.24 Å². The molecule has 172 valence electrons. The van der Waals surface area contributed by atoms with Crippen molar-refractivity contribution in [1.82, 2.24) is 9.47 Å². The molecule has 1 N–H and O–H groups in total. The number of likely N-dealkylation sites (tertiary alicyclic amines) is 1. The zero-order valence-electron chi connectivity index (χ0n) is 18.5. The van der Waals surface area contributed by atoms with E-state index in [2.05, 4.69) is 4.90 Å². The second-order valence-corrected chi connectivity index (χ2v) is 8.80. The maximum Gasteiger partial charge on any atom is 0.338 e. The molecule has 2 aliphatic rings. The molecule has 1 aromatic carbocycles. The van der Waals surface area contributed by atoms with E-state index >= 15 is 0 Å². The number of carboxylic acid groups (broad SMARTS) is 1. The smallest absolute Gasteiger partial charge is 0.338 e. The van der Waals surface area contributed by atoms with Crippen molar-refractivity contribution in [2.45, 2.75) is 71.2 Å². The molecule has 31 heavy (non-hydrogen) atoms. The minimum atomic E-state index is -1.29. The van der Waals surface area contributed by atoms with Crippen LogP contribution in [0.3, 0.4) is 0 Å². The van der Waals surface area contributed by atoms with E-state index in [1.54, 1.807) is 13.0 Å². The molecule has 0 bridgehead atoms. The maximum absolute atomic E-state index is 13.8. The molecule has 2 unspecified atom stereocenters. The number of nitrogens with zero attached hydrogens (tertiary/aromatic N) is 2. The molecule has 1 saturated heterocycles. The van der Waals surface area contributed by atoms with E-state index in [1.807, 2.05) is 27.7 Å². The van der Waals surface area contributed by atoms with E-state index in [0.717, 1.165) is 38.8 Å². The number of rotatable bonds is 6. The number of hydrogen-bond acceptors (Lipinski definition) is 3. The number of carbonyl (C=O) groups is 1. The van der Waals surface area contributed by atoms with Gasteiger partial charge in [0.25, 0.3) is 0 Å². The highest BCUT2D eigenvalue weighted by Crippen LogP contribution is 2.34. The van der Waals surface area contributed by atoms with Crippen molar-refractivity contribution in [2.24, 2.45) is 5.92 Å². The summed E-state index contributed by atoms with van der Waals surface area (Å²) in [6, 6.07) is 4.82. The fourth-order valence-corrected chi connectivity index (χ4v) is 5.17. The Balaban J connectivity index is 0.00000132. The fourth-order valence-electron chi connectivity index (χ4n) is 4.94. The number of ether oxygens (including phenoxy) is 1. The molecule has 0 amide bonds. The molecule has 1 aliphatic carbocycles. The van der Waals surface area contributed by atoms with Crippen LogP contribution in [0.25, 0.3) is 10.9 Å². The summed E-state index contributed by atoms with van der Waals surface area (Å²) in [7, 11) is 2.02. The van der Waals surface area contributed by atoms with Gasteiger partial charge in [-0.3, -0.25) is 4.90 Å². The van der Waals surface area contributed by atoms with Crippen LogP contribution in [0.1, 0.15) is 55.6 Å². The van der Waals surface area contributed by atoms with E-state index in [1.165, 1.54) is 12.1 Å². The van der Waals surface area contributed by atoms with Crippen molar-refractivity contribution in [1.29, 1.82) is 0 Å². The van der Waals surface area contributed by atoms with Gasteiger partial charge in [-0.05, 0) is 56.7 Å². The number of fused-ring (bicyclic) bond motifs is 1. The lowest BCUT2D eigenvalue weighted by Crippen LogP contribution is -2.57. The number of hydrogen-bond donors (Lipinski definition) is 1. The Kier molecular flexibility index (Phi) is 8.06. The van der Waals surface area contributed by atoms with Crippen LogP contribution in [0.5, 0.6) is 0 Å². The van der Waals surface area contributed by atoms with Gasteiger partial charge in [-0.1, -0.05) is 23.1 Å². The van der Waals surface area contributed by atoms with Crippen LogP contribution in [0.15, 0.2) is 18.2 Å². The van der Waals surface area contributed by atoms with Crippen LogP contribution in [-0.4, -0.2) is 51.9 Å². The van der Waals surface area contributed by atoms with Gasteiger partial charge in [-0.25, -0.2) is 13.6 Å². The predicted octanol–water partition coefficient (Wildman–Crippen LogP) is 5.20. The van der Waals surface area contributed by atoms with Crippen molar-refractivity contribution in [2.75, 3.05) is 13.1 Å². The molecule has 2 fully saturated rings. The molecule has 1 aliphatic heterocycles. The van der Waals surface area contributed by atoms with Gasteiger partial charge in [0.15, 0.2) is 0 Å². The topological polar surface area (TPSA) is 54.7 Å². The maximum atomic E-state index is 13.8. The Morgan fingerprint density at radius 2 is 1.90 bits per heavy atom. The number of halogens is 2. The van der Waals surface area contributed by atoms with Crippen molar-refractivity contribution >= 4 is 26.1 Å². The molecular weight excluding hydrogens is 421 g/mol. The zero-order chi connectivity index (χ0) is 22.7. The summed E-state index contributed by atoms with van der Waals surface area (Å²) >= 11 is 0. The highest BCUT2D eigenvalue weighted by Gasteiger charge is 2.36. The summed E-state index contributed by atoms with van der Waals surface area (Å²) < 4.78 is 33.9. The molecule has 2 aromatic rings. The minimum absolute atomic E-state index is 0.0153. The van der Waals surface area contributed by atoms with Gasteiger partial charge in [0.1, 0.15) is 5.82 Å². The lowest BCUT2D eigenvalue weighted by Gasteiger charge is -2.46. The SMILES string of the molecule is CC.Cc1c(C(=O)O)c2ccc(F)cc2n1CC1CCC(N2CC(OC(F)P)C2)CC1. The van der Waals surface area contributed by atoms with Gasteiger partial charge in [0, 0.05) is 36.8 Å². The van der Waals surface area contributed by atoms with Gasteiger partial charge in [0.05, 0.1) is 17.2 Å². The van der Waals surface area contributed by atoms with Crippen molar-refractivity contribution < 1.29 is 23.4 Å². The van der Waals surface area contributed by atoms with Crippen LogP contribution in [-0.2, 0) is 11.3 Å². The molecule has 2 heterocycles. The van der Waals surface area contributed by atoms with Crippen LogP contribution in [0.2, 0.25) is 0 Å². The molecule has 0 radical (unpaired) electrons. The first-order chi connectivity index (χ1) is 14.8. The number of benzene rings is 1. The normalized spacial score (nSPS) is 23.2. The largest absolute Gasteiger partial charge is 0.478 e. The van der Waals surface area contributed by atoms with E-state index in [0.29, 0.717) is 35.1 Å². The quantitative estimate of drug-likeness (QED) is 0.610. The Bertz CT molecular complexity index is 904. The number of alkyl halides is 1. The highest BCUT2D eigenvalue weighted by atomic mass is 31.0. The predicted molar refractivity (Wildman–Crippen MR) is 122 cm³/mol. The van der Waals surface area contributed by atoms with E-state index < -0.39 is 12.1 Å². The standard InChI is InChI=1S/C21H27F2N2O3P.C2H6/c1-12-19(20(26)27)17-7-4-14(22)8-18(17)25(12)9-13-2-5-15(6-3-13)24-10-16(11-24)28-21(23)29;1-2/h4,7-8,13,15-16,21H,2-3,5-6,9-11,29H2,1H3,(H,26,27);1-2H3. The summed E-state index contributed by atoms with van der Waals surface area (Å²) in [6.07, 6.45) is 2.90. The monoisotopic (exact) mass is 454 g/mol. The molecule has 1 aromatic heterocycles.